The van der Waals surface area contributed by atoms with E-state index in [1.165, 1.54) is 48.5 Å². The highest BCUT2D eigenvalue weighted by Crippen LogP contribution is 2.39. The second-order valence-corrected chi connectivity index (χ2v) is 12.3. The van der Waals surface area contributed by atoms with Crippen molar-refractivity contribution in [2.45, 2.75) is 31.6 Å². The number of hydrogen-bond donors (Lipinski definition) is 0. The zero-order valence-electron chi connectivity index (χ0n) is 22.8. The summed E-state index contributed by atoms with van der Waals surface area (Å²) in [7, 11) is -4.10. The van der Waals surface area contributed by atoms with E-state index in [1.807, 2.05) is 19.9 Å². The highest BCUT2D eigenvalue weighted by atomic mass is 35.5. The molecule has 2 aliphatic rings. The van der Waals surface area contributed by atoms with Crippen molar-refractivity contribution in [3.05, 3.63) is 106 Å². The molecule has 1 saturated heterocycles. The molecule has 42 heavy (non-hydrogen) atoms. The molecule has 9 nitrogen and oxygen atoms in total. The Hall–Kier alpha value is -4.28. The van der Waals surface area contributed by atoms with Crippen LogP contribution < -0.4 is 4.18 Å². The van der Waals surface area contributed by atoms with Crippen molar-refractivity contribution in [3.63, 3.8) is 0 Å². The number of halogens is 1. The van der Waals surface area contributed by atoms with Crippen molar-refractivity contribution in [2.75, 3.05) is 6.54 Å². The molecule has 0 bridgehead atoms. The lowest BCUT2D eigenvalue weighted by Crippen LogP contribution is -2.52. The molecule has 0 saturated carbocycles. The summed E-state index contributed by atoms with van der Waals surface area (Å²) in [4.78, 5) is 54.0. The number of rotatable bonds is 8. The third kappa shape index (κ3) is 5.73. The van der Waals surface area contributed by atoms with Gasteiger partial charge < -0.3 is 4.18 Å². The summed E-state index contributed by atoms with van der Waals surface area (Å²) in [6.07, 6.45) is 2.66. The molecular formula is C31H27ClN2O7S. The Bertz CT molecular complexity index is 1720. The Labute approximate surface area is 248 Å². The highest BCUT2D eigenvalue weighted by molar-refractivity contribution is 7.87. The second kappa shape index (κ2) is 11.5. The van der Waals surface area contributed by atoms with Gasteiger partial charge in [0, 0.05) is 5.56 Å². The first-order chi connectivity index (χ1) is 20.0. The van der Waals surface area contributed by atoms with Gasteiger partial charge in [-0.15, -0.1) is 0 Å². The molecule has 0 spiro atoms. The van der Waals surface area contributed by atoms with Crippen molar-refractivity contribution in [1.82, 2.24) is 10.0 Å². The Morgan fingerprint density at radius 3 is 2.24 bits per heavy atom. The zero-order valence-corrected chi connectivity index (χ0v) is 24.4. The first-order valence-corrected chi connectivity index (χ1v) is 15.0. The van der Waals surface area contributed by atoms with Crippen LogP contribution in [0.1, 0.15) is 46.0 Å². The molecule has 2 atom stereocenters. The highest BCUT2D eigenvalue weighted by Gasteiger charge is 2.51. The maximum atomic E-state index is 13.7. The molecule has 3 aromatic carbocycles. The van der Waals surface area contributed by atoms with Crippen molar-refractivity contribution in [1.29, 1.82) is 0 Å². The maximum Gasteiger partial charge on any atom is 0.339 e. The van der Waals surface area contributed by atoms with Crippen LogP contribution in [0.3, 0.4) is 0 Å². The lowest BCUT2D eigenvalue weighted by atomic mass is 9.82. The van der Waals surface area contributed by atoms with Gasteiger partial charge in [-0.05, 0) is 75.2 Å². The van der Waals surface area contributed by atoms with E-state index in [0.717, 1.165) is 21.2 Å². The molecule has 1 aliphatic heterocycles. The van der Waals surface area contributed by atoms with Crippen molar-refractivity contribution in [2.24, 2.45) is 11.8 Å². The number of ketones is 1. The van der Waals surface area contributed by atoms with E-state index >= 15 is 0 Å². The van der Waals surface area contributed by atoms with Crippen molar-refractivity contribution >= 4 is 45.2 Å². The number of Topliss-reactive ketones (excluding diaryl/α,β-unsaturated/α-hetero) is 1. The SMILES string of the molecule is CC1=CC[C@@H]2C(=O)N(N(CC(=O)c3ccc(OS(=O)(=O)c4ccc(C)cc4)cc3)C(=O)c3ccccc3Cl)C(=O)[C@H]2C1. The van der Waals surface area contributed by atoms with Gasteiger partial charge >= 0.3 is 10.1 Å². The number of hydrazine groups is 1. The molecule has 0 radical (unpaired) electrons. The quantitative estimate of drug-likeness (QED) is 0.153. The first-order valence-electron chi connectivity index (χ1n) is 13.2. The molecule has 5 rings (SSSR count). The van der Waals surface area contributed by atoms with E-state index in [9.17, 15) is 27.6 Å². The van der Waals surface area contributed by atoms with Gasteiger partial charge in [0.2, 0.25) is 0 Å². The van der Waals surface area contributed by atoms with Gasteiger partial charge in [-0.25, -0.2) is 5.01 Å². The van der Waals surface area contributed by atoms with Gasteiger partial charge in [0.25, 0.3) is 17.7 Å². The molecule has 3 aromatic rings. The number of imide groups is 1. The number of carbonyl (C=O) groups is 4. The van der Waals surface area contributed by atoms with Crippen molar-refractivity contribution < 1.29 is 31.8 Å². The van der Waals surface area contributed by atoms with E-state index in [2.05, 4.69) is 0 Å². The molecule has 216 valence electrons. The molecule has 0 N–H and O–H groups in total. The van der Waals surface area contributed by atoms with Crippen LogP contribution in [0.4, 0.5) is 0 Å². The largest absolute Gasteiger partial charge is 0.379 e. The normalized spacial score (nSPS) is 18.4. The van der Waals surface area contributed by atoms with E-state index < -0.39 is 52.0 Å². The summed E-state index contributed by atoms with van der Waals surface area (Å²) < 4.78 is 30.5. The number of nitrogens with zero attached hydrogens (tertiary/aromatic N) is 2. The Morgan fingerprint density at radius 1 is 0.929 bits per heavy atom. The number of amides is 3. The smallest absolute Gasteiger partial charge is 0.339 e. The molecule has 1 heterocycles. The van der Waals surface area contributed by atoms with Crippen LogP contribution in [-0.2, 0) is 19.7 Å². The number of benzene rings is 3. The fourth-order valence-electron chi connectivity index (χ4n) is 5.07. The van der Waals surface area contributed by atoms with Crippen molar-refractivity contribution in [3.8, 4) is 5.75 Å². The van der Waals surface area contributed by atoms with Crippen LogP contribution in [0.2, 0.25) is 5.02 Å². The Balaban J connectivity index is 1.40. The van der Waals surface area contributed by atoms with Gasteiger partial charge in [-0.3, -0.25) is 19.2 Å². The van der Waals surface area contributed by atoms with Gasteiger partial charge in [0.1, 0.15) is 17.2 Å². The van der Waals surface area contributed by atoms with Crippen LogP contribution in [0.15, 0.2) is 89.3 Å². The number of hydrogen-bond acceptors (Lipinski definition) is 7. The van der Waals surface area contributed by atoms with Crippen LogP contribution in [0.5, 0.6) is 5.75 Å². The zero-order chi connectivity index (χ0) is 30.2. The van der Waals surface area contributed by atoms with Gasteiger partial charge in [0.15, 0.2) is 5.78 Å². The summed E-state index contributed by atoms with van der Waals surface area (Å²) in [5.74, 6) is -3.72. The van der Waals surface area contributed by atoms with E-state index in [1.54, 1.807) is 24.3 Å². The second-order valence-electron chi connectivity index (χ2n) is 10.3. The summed E-state index contributed by atoms with van der Waals surface area (Å²) in [5.41, 5.74) is 2.01. The molecule has 1 fully saturated rings. The van der Waals surface area contributed by atoms with Gasteiger partial charge in [0.05, 0.1) is 22.4 Å². The minimum absolute atomic E-state index is 0.0204. The molecule has 11 heteroatoms. The summed E-state index contributed by atoms with van der Waals surface area (Å²) in [6, 6.07) is 17.7. The number of allylic oxidation sites excluding steroid dienone is 2. The number of carbonyl (C=O) groups excluding carboxylic acids is 4. The Morgan fingerprint density at radius 2 is 1.57 bits per heavy atom. The fourth-order valence-corrected chi connectivity index (χ4v) is 6.22. The maximum absolute atomic E-state index is 13.7. The predicted octanol–water partition coefficient (Wildman–Crippen LogP) is 5.00. The van der Waals surface area contributed by atoms with Crippen LogP contribution in [-0.4, -0.2) is 48.5 Å². The summed E-state index contributed by atoms with van der Waals surface area (Å²) in [5, 5.41) is 1.75. The summed E-state index contributed by atoms with van der Waals surface area (Å²) in [6.45, 7) is 3.08. The fraction of sp³-hybridized carbons (Fsp3) is 0.226. The van der Waals surface area contributed by atoms with E-state index in [4.69, 9.17) is 15.8 Å². The van der Waals surface area contributed by atoms with Gasteiger partial charge in [-0.2, -0.15) is 13.4 Å². The average molecular weight is 607 g/mol. The number of aryl methyl sites for hydroxylation is 1. The molecule has 0 unspecified atom stereocenters. The molecular weight excluding hydrogens is 580 g/mol. The third-order valence-electron chi connectivity index (χ3n) is 7.37. The van der Waals surface area contributed by atoms with E-state index in [-0.39, 0.29) is 26.8 Å². The van der Waals surface area contributed by atoms with Crippen LogP contribution in [0, 0.1) is 18.8 Å². The third-order valence-corrected chi connectivity index (χ3v) is 8.96. The average Bonchev–Trinajstić information content (AvgIpc) is 3.20. The molecule has 1 aliphatic carbocycles. The van der Waals surface area contributed by atoms with E-state index in [0.29, 0.717) is 12.8 Å². The Kier molecular flexibility index (Phi) is 8.03. The van der Waals surface area contributed by atoms with Gasteiger partial charge in [-0.1, -0.05) is 53.1 Å². The molecule has 0 aromatic heterocycles. The van der Waals surface area contributed by atoms with Crippen LogP contribution in [0.25, 0.3) is 0 Å². The molecule has 3 amide bonds. The topological polar surface area (TPSA) is 118 Å². The standard InChI is InChI=1S/C31H27ClN2O7S/c1-19-7-14-23(15-8-19)42(39,40)41-22-12-10-21(11-13-22)28(35)18-33(29(36)25-5-3-4-6-27(25)32)34-30(37)24-16-9-20(2)17-26(24)31(34)38/h3-15,24,26H,16-18H2,1-2H3/t24-,26-/m0/s1. The minimum Gasteiger partial charge on any atom is -0.379 e. The summed E-state index contributed by atoms with van der Waals surface area (Å²) >= 11 is 6.27. The number of fused-ring (bicyclic) bond motifs is 1. The lowest BCUT2D eigenvalue weighted by Gasteiger charge is -2.30. The first kappa shape index (κ1) is 29.2. The lowest BCUT2D eigenvalue weighted by molar-refractivity contribution is -0.154. The minimum atomic E-state index is -4.10. The van der Waals surface area contributed by atoms with Crippen LogP contribution >= 0.6 is 11.6 Å². The monoisotopic (exact) mass is 606 g/mol. The predicted molar refractivity (Wildman–Crippen MR) is 154 cm³/mol.